The van der Waals surface area contributed by atoms with Crippen LogP contribution in [0.15, 0.2) is 23.3 Å². The lowest BCUT2D eigenvalue weighted by molar-refractivity contribution is -0.105. The second kappa shape index (κ2) is 21.0. The number of hydrogen-bond donors (Lipinski definition) is 2. The molecule has 6 saturated carbocycles. The molecule has 18 atom stereocenters. The van der Waals surface area contributed by atoms with Crippen molar-refractivity contribution in [3.8, 4) is 0 Å². The fourth-order valence-corrected chi connectivity index (χ4v) is 19.7. The van der Waals surface area contributed by atoms with E-state index in [4.69, 9.17) is 4.74 Å². The van der Waals surface area contributed by atoms with Gasteiger partial charge in [0.15, 0.2) is 0 Å². The quantitative estimate of drug-likeness (QED) is 0.120. The van der Waals surface area contributed by atoms with Crippen LogP contribution in [0.5, 0.6) is 0 Å². The van der Waals surface area contributed by atoms with Gasteiger partial charge in [0.25, 0.3) is 0 Å². The van der Waals surface area contributed by atoms with Crippen molar-refractivity contribution < 1.29 is 14.9 Å². The van der Waals surface area contributed by atoms with Gasteiger partial charge in [0.05, 0.1) is 12.2 Å². The number of hydrogen-bond acceptors (Lipinski definition) is 3. The summed E-state index contributed by atoms with van der Waals surface area (Å²) in [7, 11) is 0. The van der Waals surface area contributed by atoms with E-state index in [1.54, 1.807) is 11.1 Å². The second-order valence-corrected chi connectivity index (χ2v) is 27.5. The van der Waals surface area contributed by atoms with E-state index in [1.165, 1.54) is 141 Å². The van der Waals surface area contributed by atoms with Crippen molar-refractivity contribution in [2.24, 2.45) is 105 Å². The molecule has 8 aliphatic rings. The van der Waals surface area contributed by atoms with Gasteiger partial charge in [-0.15, -0.1) is 0 Å². The Labute approximate surface area is 402 Å². The molecule has 0 aromatic heterocycles. The maximum atomic E-state index is 10.2. The van der Waals surface area contributed by atoms with Gasteiger partial charge < -0.3 is 14.9 Å². The van der Waals surface area contributed by atoms with Crippen LogP contribution in [0, 0.1) is 105 Å². The molecule has 0 spiro atoms. The van der Waals surface area contributed by atoms with Gasteiger partial charge in [0, 0.05) is 13.2 Å². The number of fused-ring (bicyclic) bond motifs is 10. The minimum atomic E-state index is 0.202. The van der Waals surface area contributed by atoms with Gasteiger partial charge in [-0.1, -0.05) is 131 Å². The van der Waals surface area contributed by atoms with Crippen LogP contribution < -0.4 is 0 Å². The molecule has 0 saturated heterocycles. The molecule has 0 aromatic carbocycles. The van der Waals surface area contributed by atoms with E-state index in [1.807, 2.05) is 0 Å². The largest absolute Gasteiger partial charge is 0.396 e. The summed E-state index contributed by atoms with van der Waals surface area (Å²) in [6.07, 6.45) is 40.0. The van der Waals surface area contributed by atoms with Crippen molar-refractivity contribution in [3.63, 3.8) is 0 Å². The first-order chi connectivity index (χ1) is 31.1. The summed E-state index contributed by atoms with van der Waals surface area (Å²) in [4.78, 5) is 0. The summed E-state index contributed by atoms with van der Waals surface area (Å²) in [6, 6.07) is 0. The average molecular weight is 900 g/mol. The van der Waals surface area contributed by atoms with Crippen LogP contribution in [0.1, 0.15) is 236 Å². The Bertz CT molecular complexity index is 1490. The lowest BCUT2D eigenvalue weighted by Crippen LogP contribution is -2.51. The van der Waals surface area contributed by atoms with Gasteiger partial charge in [-0.25, -0.2) is 0 Å². The Kier molecular flexibility index (Phi) is 16.4. The van der Waals surface area contributed by atoms with Gasteiger partial charge >= 0.3 is 0 Å². The summed E-state index contributed by atoms with van der Waals surface area (Å²) in [5.41, 5.74) is 5.35. The number of rotatable bonds is 20. The van der Waals surface area contributed by atoms with Gasteiger partial charge in [-0.05, 0) is 233 Å². The maximum Gasteiger partial charge on any atom is 0.0611 e. The molecule has 8 aliphatic carbocycles. The van der Waals surface area contributed by atoms with Crippen molar-refractivity contribution in [2.45, 2.75) is 248 Å². The maximum absolute atomic E-state index is 10.2. The minimum absolute atomic E-state index is 0.202. The molecule has 0 aliphatic heterocycles. The van der Waals surface area contributed by atoms with Crippen LogP contribution in [0.2, 0.25) is 0 Å². The molecule has 0 bridgehead atoms. The first-order valence-corrected chi connectivity index (χ1v) is 29.3. The lowest BCUT2D eigenvalue weighted by Gasteiger charge is -2.59. The third-order valence-electron chi connectivity index (χ3n) is 23.4. The van der Waals surface area contributed by atoms with Crippen LogP contribution in [-0.2, 0) is 4.74 Å². The average Bonchev–Trinajstić information content (AvgIpc) is 3.82. The first-order valence-electron chi connectivity index (χ1n) is 29.3. The second-order valence-electron chi connectivity index (χ2n) is 27.5. The van der Waals surface area contributed by atoms with Crippen molar-refractivity contribution in [2.75, 3.05) is 13.2 Å². The molecule has 0 aromatic rings. The number of ether oxygens (including phenoxy) is 1. The molecule has 0 heterocycles. The third-order valence-corrected chi connectivity index (χ3v) is 23.4. The Morgan fingerprint density at radius 2 is 0.908 bits per heavy atom. The van der Waals surface area contributed by atoms with E-state index in [0.717, 1.165) is 96.7 Å². The van der Waals surface area contributed by atoms with E-state index < -0.39 is 0 Å². The zero-order valence-electron chi connectivity index (χ0n) is 44.5. The number of allylic oxidation sites excluding steroid dienone is 4. The Morgan fingerprint density at radius 1 is 0.492 bits per heavy atom. The molecule has 10 unspecified atom stereocenters. The summed E-state index contributed by atoms with van der Waals surface area (Å²) in [6.45, 7) is 26.2. The molecule has 2 N–H and O–H groups in total. The first kappa shape index (κ1) is 50.7. The van der Waals surface area contributed by atoms with E-state index in [2.05, 4.69) is 81.4 Å². The van der Waals surface area contributed by atoms with E-state index in [9.17, 15) is 10.2 Å². The van der Waals surface area contributed by atoms with E-state index >= 15 is 0 Å². The van der Waals surface area contributed by atoms with Crippen LogP contribution in [0.25, 0.3) is 0 Å². The van der Waals surface area contributed by atoms with Crippen LogP contribution in [0.3, 0.4) is 0 Å². The van der Waals surface area contributed by atoms with Crippen LogP contribution in [0.4, 0.5) is 0 Å². The highest BCUT2D eigenvalue weighted by Gasteiger charge is 2.61. The molecule has 3 nitrogen and oxygen atoms in total. The molecule has 8 rings (SSSR count). The third kappa shape index (κ3) is 9.88. The normalized spacial score (nSPS) is 43.0. The minimum Gasteiger partial charge on any atom is -0.396 e. The van der Waals surface area contributed by atoms with Crippen LogP contribution >= 0.6 is 0 Å². The Balaban J connectivity index is 0.926. The van der Waals surface area contributed by atoms with Crippen molar-refractivity contribution in [1.82, 2.24) is 0 Å². The molecule has 0 amide bonds. The SMILES string of the molecule is CC(C)CCC[C@@H](C)[C@H]1CCC2C3CC=C4CC(C(CCCO)OC(CCCO)C5CC[C@@]6(C)C(=CCC7C6CC[C@@]6(C)C7CC[C@@H]6[C@H](C)CCCC(C)C)C5)CC[C@]4(C)C3CC[C@@]21C. The van der Waals surface area contributed by atoms with E-state index in [-0.39, 0.29) is 25.4 Å². The fraction of sp³-hybridized carbons (Fsp3) is 0.935. The van der Waals surface area contributed by atoms with Gasteiger partial charge in [-0.2, -0.15) is 0 Å². The monoisotopic (exact) mass is 899 g/mol. The van der Waals surface area contributed by atoms with Crippen LogP contribution in [-0.4, -0.2) is 35.6 Å². The molecular weight excluding hydrogens is 793 g/mol. The summed E-state index contributed by atoms with van der Waals surface area (Å²) < 4.78 is 7.59. The fourth-order valence-electron chi connectivity index (χ4n) is 19.7. The van der Waals surface area contributed by atoms with Gasteiger partial charge in [0.1, 0.15) is 0 Å². The Morgan fingerprint density at radius 3 is 1.29 bits per heavy atom. The highest BCUT2D eigenvalue weighted by Crippen LogP contribution is 2.70. The topological polar surface area (TPSA) is 49.7 Å². The number of aliphatic hydroxyl groups excluding tert-OH is 2. The summed E-state index contributed by atoms with van der Waals surface area (Å²) in [5.74, 6) is 11.6. The van der Waals surface area contributed by atoms with E-state index in [0.29, 0.717) is 33.5 Å². The predicted octanol–water partition coefficient (Wildman–Crippen LogP) is 16.6. The Hall–Kier alpha value is -0.640. The van der Waals surface area contributed by atoms with Crippen molar-refractivity contribution in [1.29, 1.82) is 0 Å². The smallest absolute Gasteiger partial charge is 0.0611 e. The van der Waals surface area contributed by atoms with Gasteiger partial charge in [-0.3, -0.25) is 0 Å². The summed E-state index contributed by atoms with van der Waals surface area (Å²) in [5, 5.41) is 20.4. The predicted molar refractivity (Wildman–Crippen MR) is 274 cm³/mol. The lowest BCUT2D eigenvalue weighted by atomic mass is 9.46. The van der Waals surface area contributed by atoms with Crippen molar-refractivity contribution >= 4 is 0 Å². The highest BCUT2D eigenvalue weighted by molar-refractivity contribution is 5.27. The van der Waals surface area contributed by atoms with Gasteiger partial charge in [0.2, 0.25) is 0 Å². The molecule has 6 fully saturated rings. The zero-order chi connectivity index (χ0) is 46.3. The standard InChI is InChI=1S/C62H106O3/c1-41(2)15-11-17-43(5)51-25-27-53-49-23-21-47-39-45(29-33-59(47,7)55(49)31-35-61(51,53)9)57(19-13-37-63)65-58(20-14-38-64)46-30-34-60(8)48(40-46)22-24-50-54-28-26-52(44(6)18-12-16-42(3)4)62(54,10)36-32-56(50)60/h21-22,41-46,49-58,63-64H,11-20,23-40H2,1-10H3/t43-,44-,45?,46?,49?,50?,51-,52-,53?,54?,55?,56?,57?,58?,59+,60+,61-,62-/m1/s1. The highest BCUT2D eigenvalue weighted by atomic mass is 16.5. The molecular formula is C62H106O3. The van der Waals surface area contributed by atoms with Crippen molar-refractivity contribution in [3.05, 3.63) is 23.3 Å². The molecule has 0 radical (unpaired) electrons. The number of aliphatic hydroxyl groups is 2. The molecule has 65 heavy (non-hydrogen) atoms. The molecule has 3 heteroatoms. The molecule has 372 valence electrons. The summed E-state index contributed by atoms with van der Waals surface area (Å²) >= 11 is 0. The zero-order valence-corrected chi connectivity index (χ0v) is 44.5.